The zero-order chi connectivity index (χ0) is 18.9. The van der Waals surface area contributed by atoms with Crippen molar-refractivity contribution in [2.45, 2.75) is 26.3 Å². The van der Waals surface area contributed by atoms with Crippen LogP contribution in [0.5, 0.6) is 5.75 Å². The first-order chi connectivity index (χ1) is 13.2. The Labute approximate surface area is 160 Å². The predicted molar refractivity (Wildman–Crippen MR) is 110 cm³/mol. The molecule has 0 unspecified atom stereocenters. The van der Waals surface area contributed by atoms with Gasteiger partial charge in [0.05, 0.1) is 7.11 Å². The van der Waals surface area contributed by atoms with Crippen molar-refractivity contribution < 1.29 is 4.74 Å². The van der Waals surface area contributed by atoms with E-state index >= 15 is 0 Å². The Bertz CT molecular complexity index is 852. The predicted octanol–water partition coefficient (Wildman–Crippen LogP) is 4.45. The summed E-state index contributed by atoms with van der Waals surface area (Å²) >= 11 is 0. The van der Waals surface area contributed by atoms with Crippen LogP contribution in [0.15, 0.2) is 60.7 Å². The lowest BCUT2D eigenvalue weighted by Gasteiger charge is -2.12. The second kappa shape index (κ2) is 9.57. The van der Waals surface area contributed by atoms with Gasteiger partial charge in [-0.2, -0.15) is 4.98 Å². The molecule has 0 aliphatic carbocycles. The van der Waals surface area contributed by atoms with Crippen molar-refractivity contribution in [1.29, 1.82) is 0 Å². The number of methoxy groups -OCH3 is 1. The first kappa shape index (κ1) is 18.7. The number of nitrogens with one attached hydrogen (secondary N) is 2. The molecule has 5 heteroatoms. The second-order valence-corrected chi connectivity index (χ2v) is 6.40. The lowest BCUT2D eigenvalue weighted by atomic mass is 10.1. The highest BCUT2D eigenvalue weighted by atomic mass is 16.5. The number of para-hydroxylation sites is 1. The first-order valence-electron chi connectivity index (χ1n) is 9.24. The van der Waals surface area contributed by atoms with E-state index in [0.29, 0.717) is 12.5 Å². The summed E-state index contributed by atoms with van der Waals surface area (Å²) < 4.78 is 5.40. The number of anilines is 2. The van der Waals surface area contributed by atoms with Crippen LogP contribution in [0.25, 0.3) is 0 Å². The summed E-state index contributed by atoms with van der Waals surface area (Å²) in [6.45, 7) is 3.46. The van der Waals surface area contributed by atoms with Crippen molar-refractivity contribution in [2.24, 2.45) is 0 Å². The normalized spacial score (nSPS) is 10.4. The van der Waals surface area contributed by atoms with Gasteiger partial charge in [0.2, 0.25) is 5.95 Å². The van der Waals surface area contributed by atoms with Crippen molar-refractivity contribution in [1.82, 2.24) is 9.97 Å². The number of rotatable bonds is 9. The molecule has 0 saturated heterocycles. The Morgan fingerprint density at radius 3 is 2.52 bits per heavy atom. The Morgan fingerprint density at radius 2 is 1.70 bits per heavy atom. The van der Waals surface area contributed by atoms with E-state index in [1.807, 2.05) is 43.3 Å². The van der Waals surface area contributed by atoms with Crippen LogP contribution in [0, 0.1) is 6.92 Å². The van der Waals surface area contributed by atoms with Crippen LogP contribution in [0.3, 0.4) is 0 Å². The average molecular weight is 362 g/mol. The maximum Gasteiger partial charge on any atom is 0.224 e. The summed E-state index contributed by atoms with van der Waals surface area (Å²) in [5.41, 5.74) is 3.37. The number of ether oxygens (including phenoxy) is 1. The molecule has 2 N–H and O–H groups in total. The Balaban J connectivity index is 1.54. The first-order valence-corrected chi connectivity index (χ1v) is 9.24. The molecular weight excluding hydrogens is 336 g/mol. The van der Waals surface area contributed by atoms with Crippen LogP contribution in [-0.4, -0.2) is 23.6 Å². The molecule has 1 aromatic heterocycles. The summed E-state index contributed by atoms with van der Waals surface area (Å²) in [7, 11) is 1.69. The molecule has 5 nitrogen and oxygen atoms in total. The molecule has 0 aliphatic heterocycles. The minimum atomic E-state index is 0.647. The van der Waals surface area contributed by atoms with Crippen LogP contribution in [0.1, 0.15) is 23.2 Å². The van der Waals surface area contributed by atoms with Crippen LogP contribution < -0.4 is 15.4 Å². The molecular formula is C22H26N4O. The van der Waals surface area contributed by atoms with E-state index in [-0.39, 0.29) is 0 Å². The van der Waals surface area contributed by atoms with E-state index in [1.54, 1.807) is 7.11 Å². The lowest BCUT2D eigenvalue weighted by molar-refractivity contribution is 0.410. The number of aryl methyl sites for hydroxylation is 2. The van der Waals surface area contributed by atoms with Gasteiger partial charge in [0, 0.05) is 30.4 Å². The molecule has 0 fully saturated rings. The molecule has 140 valence electrons. The molecule has 0 radical (unpaired) electrons. The highest BCUT2D eigenvalue weighted by Crippen LogP contribution is 2.19. The molecule has 0 atom stereocenters. The van der Waals surface area contributed by atoms with Crippen molar-refractivity contribution >= 4 is 11.8 Å². The topological polar surface area (TPSA) is 59.1 Å². The minimum absolute atomic E-state index is 0.647. The van der Waals surface area contributed by atoms with Gasteiger partial charge in [-0.25, -0.2) is 4.98 Å². The maximum absolute atomic E-state index is 5.40. The molecule has 1 heterocycles. The van der Waals surface area contributed by atoms with Gasteiger partial charge in [0.15, 0.2) is 0 Å². The minimum Gasteiger partial charge on any atom is -0.496 e. The van der Waals surface area contributed by atoms with Crippen molar-refractivity contribution in [2.75, 3.05) is 24.3 Å². The van der Waals surface area contributed by atoms with Gasteiger partial charge in [0.25, 0.3) is 0 Å². The SMILES string of the molecule is COc1ccccc1CNc1cc(C)nc(NCCCc2ccccc2)n1. The van der Waals surface area contributed by atoms with Crippen LogP contribution in [-0.2, 0) is 13.0 Å². The third-order valence-corrected chi connectivity index (χ3v) is 4.27. The number of aromatic nitrogens is 2. The van der Waals surface area contributed by atoms with Gasteiger partial charge in [-0.1, -0.05) is 48.5 Å². The summed E-state index contributed by atoms with van der Waals surface area (Å²) in [6, 6.07) is 20.4. The van der Waals surface area contributed by atoms with Gasteiger partial charge in [-0.3, -0.25) is 0 Å². The number of hydrogen-bond acceptors (Lipinski definition) is 5. The summed E-state index contributed by atoms with van der Waals surface area (Å²) in [5.74, 6) is 2.33. The fourth-order valence-electron chi connectivity index (χ4n) is 2.91. The summed E-state index contributed by atoms with van der Waals surface area (Å²) in [4.78, 5) is 9.05. The average Bonchev–Trinajstić information content (AvgIpc) is 2.70. The molecule has 0 spiro atoms. The quantitative estimate of drug-likeness (QED) is 0.551. The molecule has 27 heavy (non-hydrogen) atoms. The number of hydrogen-bond donors (Lipinski definition) is 2. The third kappa shape index (κ3) is 5.71. The number of benzene rings is 2. The van der Waals surface area contributed by atoms with Gasteiger partial charge < -0.3 is 15.4 Å². The molecule has 0 saturated carbocycles. The van der Waals surface area contributed by atoms with Gasteiger partial charge >= 0.3 is 0 Å². The fraction of sp³-hybridized carbons (Fsp3) is 0.273. The molecule has 2 aromatic carbocycles. The Hall–Kier alpha value is -3.08. The van der Waals surface area contributed by atoms with Crippen LogP contribution >= 0.6 is 0 Å². The van der Waals surface area contributed by atoms with Crippen molar-refractivity contribution in [3.8, 4) is 5.75 Å². The van der Waals surface area contributed by atoms with E-state index in [2.05, 4.69) is 44.9 Å². The fourth-order valence-corrected chi connectivity index (χ4v) is 2.91. The van der Waals surface area contributed by atoms with Crippen LogP contribution in [0.2, 0.25) is 0 Å². The van der Waals surface area contributed by atoms with E-state index in [4.69, 9.17) is 4.74 Å². The van der Waals surface area contributed by atoms with Crippen LogP contribution in [0.4, 0.5) is 11.8 Å². The van der Waals surface area contributed by atoms with Crippen molar-refractivity contribution in [3.63, 3.8) is 0 Å². The molecule has 3 aromatic rings. The standard InChI is InChI=1S/C22H26N4O/c1-17-15-21(24-16-19-12-6-7-13-20(19)27-2)26-22(25-17)23-14-8-11-18-9-4-3-5-10-18/h3-7,9-10,12-13,15H,8,11,14,16H2,1-2H3,(H2,23,24,25,26). The third-order valence-electron chi connectivity index (χ3n) is 4.27. The molecule has 3 rings (SSSR count). The monoisotopic (exact) mass is 362 g/mol. The van der Waals surface area contributed by atoms with Gasteiger partial charge in [-0.05, 0) is 31.4 Å². The Morgan fingerprint density at radius 1 is 0.926 bits per heavy atom. The molecule has 0 bridgehead atoms. The second-order valence-electron chi connectivity index (χ2n) is 6.40. The van der Waals surface area contributed by atoms with Gasteiger partial charge in [-0.15, -0.1) is 0 Å². The summed E-state index contributed by atoms with van der Waals surface area (Å²) in [6.07, 6.45) is 2.07. The molecule has 0 aliphatic rings. The summed E-state index contributed by atoms with van der Waals surface area (Å²) in [5, 5.41) is 6.69. The lowest BCUT2D eigenvalue weighted by Crippen LogP contribution is -2.10. The zero-order valence-corrected chi connectivity index (χ0v) is 15.9. The maximum atomic E-state index is 5.40. The molecule has 0 amide bonds. The largest absolute Gasteiger partial charge is 0.496 e. The van der Waals surface area contributed by atoms with Crippen molar-refractivity contribution in [3.05, 3.63) is 77.5 Å². The highest BCUT2D eigenvalue weighted by Gasteiger charge is 2.05. The smallest absolute Gasteiger partial charge is 0.224 e. The Kier molecular flexibility index (Phi) is 6.63. The number of nitrogens with zero attached hydrogens (tertiary/aromatic N) is 2. The highest BCUT2D eigenvalue weighted by molar-refractivity contribution is 5.44. The van der Waals surface area contributed by atoms with E-state index in [9.17, 15) is 0 Å². The van der Waals surface area contributed by atoms with E-state index < -0.39 is 0 Å². The van der Waals surface area contributed by atoms with Gasteiger partial charge in [0.1, 0.15) is 11.6 Å². The van der Waals surface area contributed by atoms with E-state index in [0.717, 1.165) is 42.2 Å². The van der Waals surface area contributed by atoms with E-state index in [1.165, 1.54) is 5.56 Å². The zero-order valence-electron chi connectivity index (χ0n) is 15.9.